The summed E-state index contributed by atoms with van der Waals surface area (Å²) in [4.78, 5) is 11.7. The molecular formula is C11H11BrN2O2. The second kappa shape index (κ2) is 4.67. The summed E-state index contributed by atoms with van der Waals surface area (Å²) in [5, 5.41) is 11.7. The molecule has 0 aliphatic heterocycles. The molecule has 0 saturated carbocycles. The fourth-order valence-electron chi connectivity index (χ4n) is 1.48. The second-order valence-corrected chi connectivity index (χ2v) is 4.29. The van der Waals surface area contributed by atoms with E-state index in [9.17, 15) is 4.79 Å². The van der Waals surface area contributed by atoms with Crippen molar-refractivity contribution in [3.05, 3.63) is 56.4 Å². The number of hydrogen-bond donors (Lipinski definition) is 2. The zero-order valence-corrected chi connectivity index (χ0v) is 10.1. The summed E-state index contributed by atoms with van der Waals surface area (Å²) < 4.78 is 2.42. The minimum absolute atomic E-state index is 0.182. The van der Waals surface area contributed by atoms with Crippen molar-refractivity contribution < 1.29 is 5.11 Å². The van der Waals surface area contributed by atoms with Gasteiger partial charge < -0.3 is 10.2 Å². The van der Waals surface area contributed by atoms with Crippen LogP contribution < -0.4 is 5.56 Å². The van der Waals surface area contributed by atoms with E-state index in [2.05, 4.69) is 21.0 Å². The molecule has 0 aliphatic carbocycles. The van der Waals surface area contributed by atoms with E-state index in [4.69, 9.17) is 5.11 Å². The van der Waals surface area contributed by atoms with Crippen molar-refractivity contribution in [2.75, 3.05) is 0 Å². The lowest BCUT2D eigenvalue weighted by molar-refractivity contribution is 0.280. The standard InChI is InChI=1S/C11H11BrN2O2/c12-10-4-2-1-3-8(10)6-14-11(16)9(7-15)5-13-14/h1-5,13,15H,6-7H2. The molecule has 84 valence electrons. The molecule has 0 aliphatic rings. The molecule has 0 atom stereocenters. The fraction of sp³-hybridized carbons (Fsp3) is 0.182. The highest BCUT2D eigenvalue weighted by Crippen LogP contribution is 2.16. The molecule has 0 unspecified atom stereocenters. The van der Waals surface area contributed by atoms with Crippen LogP contribution in [0.1, 0.15) is 11.1 Å². The Kier molecular flexibility index (Phi) is 3.26. The Bertz CT molecular complexity index is 545. The van der Waals surface area contributed by atoms with Crippen molar-refractivity contribution >= 4 is 15.9 Å². The Morgan fingerprint density at radius 3 is 2.69 bits per heavy atom. The molecule has 0 radical (unpaired) electrons. The maximum atomic E-state index is 11.7. The fourth-order valence-corrected chi connectivity index (χ4v) is 1.89. The first-order chi connectivity index (χ1) is 7.72. The monoisotopic (exact) mass is 282 g/mol. The number of nitrogens with zero attached hydrogens (tertiary/aromatic N) is 1. The quantitative estimate of drug-likeness (QED) is 0.896. The number of nitrogens with one attached hydrogen (secondary N) is 1. The lowest BCUT2D eigenvalue weighted by atomic mass is 10.2. The van der Waals surface area contributed by atoms with Crippen molar-refractivity contribution in [2.45, 2.75) is 13.2 Å². The number of hydrogen-bond acceptors (Lipinski definition) is 2. The summed E-state index contributed by atoms with van der Waals surface area (Å²) in [6.45, 7) is 0.221. The molecule has 2 N–H and O–H groups in total. The first-order valence-electron chi connectivity index (χ1n) is 4.83. The number of benzene rings is 1. The molecule has 5 heteroatoms. The van der Waals surface area contributed by atoms with Gasteiger partial charge in [-0.15, -0.1) is 0 Å². The molecule has 2 rings (SSSR count). The minimum Gasteiger partial charge on any atom is -0.391 e. The highest BCUT2D eigenvalue weighted by Gasteiger charge is 2.06. The summed E-state index contributed by atoms with van der Waals surface area (Å²) in [6.07, 6.45) is 1.53. The van der Waals surface area contributed by atoms with Crippen LogP contribution in [0, 0.1) is 0 Å². The Balaban J connectivity index is 2.31. The van der Waals surface area contributed by atoms with Crippen molar-refractivity contribution in [1.29, 1.82) is 0 Å². The molecule has 2 aromatic rings. The van der Waals surface area contributed by atoms with E-state index >= 15 is 0 Å². The van der Waals surface area contributed by atoms with Gasteiger partial charge in [0.25, 0.3) is 5.56 Å². The lowest BCUT2D eigenvalue weighted by Crippen LogP contribution is -2.20. The SMILES string of the molecule is O=c1c(CO)c[nH]n1Cc1ccccc1Br. The van der Waals surface area contributed by atoms with Crippen LogP contribution in [0.25, 0.3) is 0 Å². The number of rotatable bonds is 3. The first kappa shape index (κ1) is 11.2. The molecule has 1 aromatic carbocycles. The van der Waals surface area contributed by atoms with Gasteiger partial charge >= 0.3 is 0 Å². The highest BCUT2D eigenvalue weighted by atomic mass is 79.9. The van der Waals surface area contributed by atoms with Crippen LogP contribution in [-0.2, 0) is 13.2 Å². The van der Waals surface area contributed by atoms with Crippen molar-refractivity contribution in [3.63, 3.8) is 0 Å². The van der Waals surface area contributed by atoms with E-state index in [0.29, 0.717) is 12.1 Å². The Morgan fingerprint density at radius 2 is 2.06 bits per heavy atom. The van der Waals surface area contributed by atoms with E-state index in [1.54, 1.807) is 0 Å². The van der Waals surface area contributed by atoms with E-state index in [1.807, 2.05) is 24.3 Å². The maximum Gasteiger partial charge on any atom is 0.272 e. The molecule has 0 bridgehead atoms. The van der Waals surface area contributed by atoms with Crippen LogP contribution in [0.3, 0.4) is 0 Å². The third-order valence-electron chi connectivity index (χ3n) is 2.37. The zero-order valence-electron chi connectivity index (χ0n) is 8.48. The van der Waals surface area contributed by atoms with Gasteiger partial charge in [0, 0.05) is 10.7 Å². The maximum absolute atomic E-state index is 11.7. The van der Waals surface area contributed by atoms with Gasteiger partial charge in [0.1, 0.15) is 0 Å². The smallest absolute Gasteiger partial charge is 0.272 e. The molecule has 0 spiro atoms. The molecule has 0 amide bonds. The lowest BCUT2D eigenvalue weighted by Gasteiger charge is -2.04. The minimum atomic E-state index is -0.238. The Labute approximate surface area is 101 Å². The van der Waals surface area contributed by atoms with Crippen LogP contribution in [0.15, 0.2) is 39.7 Å². The topological polar surface area (TPSA) is 58.0 Å². The van der Waals surface area contributed by atoms with Gasteiger partial charge in [0.2, 0.25) is 0 Å². The van der Waals surface area contributed by atoms with Crippen molar-refractivity contribution in [2.24, 2.45) is 0 Å². The number of H-pyrrole nitrogens is 1. The van der Waals surface area contributed by atoms with Crippen LogP contribution in [0.2, 0.25) is 0 Å². The van der Waals surface area contributed by atoms with Gasteiger partial charge in [-0.1, -0.05) is 34.1 Å². The average Bonchev–Trinajstić information content (AvgIpc) is 2.63. The van der Waals surface area contributed by atoms with Crippen LogP contribution in [-0.4, -0.2) is 14.9 Å². The number of halogens is 1. The summed E-state index contributed by atoms with van der Waals surface area (Å²) in [7, 11) is 0. The predicted octanol–water partition coefficient (Wildman–Crippen LogP) is 1.48. The first-order valence-corrected chi connectivity index (χ1v) is 5.63. The second-order valence-electron chi connectivity index (χ2n) is 3.44. The van der Waals surface area contributed by atoms with Crippen molar-refractivity contribution in [1.82, 2.24) is 9.78 Å². The normalized spacial score (nSPS) is 10.6. The average molecular weight is 283 g/mol. The molecule has 16 heavy (non-hydrogen) atoms. The number of aliphatic hydroxyl groups is 1. The van der Waals surface area contributed by atoms with Crippen LogP contribution in [0.4, 0.5) is 0 Å². The third-order valence-corrected chi connectivity index (χ3v) is 3.14. The molecule has 0 fully saturated rings. The van der Waals surface area contributed by atoms with E-state index < -0.39 is 0 Å². The number of aromatic nitrogens is 2. The predicted molar refractivity (Wildman–Crippen MR) is 64.2 cm³/mol. The largest absolute Gasteiger partial charge is 0.391 e. The van der Waals surface area contributed by atoms with Gasteiger partial charge in [-0.05, 0) is 11.6 Å². The van der Waals surface area contributed by atoms with E-state index in [-0.39, 0.29) is 12.2 Å². The van der Waals surface area contributed by atoms with Crippen LogP contribution >= 0.6 is 15.9 Å². The van der Waals surface area contributed by atoms with Gasteiger partial charge in [0.15, 0.2) is 0 Å². The molecule has 4 nitrogen and oxygen atoms in total. The summed E-state index contributed by atoms with van der Waals surface area (Å²) >= 11 is 3.42. The number of aliphatic hydroxyl groups excluding tert-OH is 1. The van der Waals surface area contributed by atoms with Crippen molar-refractivity contribution in [3.8, 4) is 0 Å². The van der Waals surface area contributed by atoms with Gasteiger partial charge in [0.05, 0.1) is 18.7 Å². The molecule has 1 aromatic heterocycles. The summed E-state index contributed by atoms with van der Waals surface area (Å²) in [5.74, 6) is 0. The number of aromatic amines is 1. The Hall–Kier alpha value is -1.33. The molecule has 1 heterocycles. The highest BCUT2D eigenvalue weighted by molar-refractivity contribution is 9.10. The van der Waals surface area contributed by atoms with E-state index in [1.165, 1.54) is 10.9 Å². The summed E-state index contributed by atoms with van der Waals surface area (Å²) in [6, 6.07) is 7.71. The van der Waals surface area contributed by atoms with Gasteiger partial charge in [-0.25, -0.2) is 4.68 Å². The molecular weight excluding hydrogens is 272 g/mol. The Morgan fingerprint density at radius 1 is 1.31 bits per heavy atom. The van der Waals surface area contributed by atoms with Gasteiger partial charge in [-0.3, -0.25) is 4.79 Å². The summed E-state index contributed by atoms with van der Waals surface area (Å²) in [5.41, 5.74) is 1.21. The van der Waals surface area contributed by atoms with Crippen LogP contribution in [0.5, 0.6) is 0 Å². The molecule has 0 saturated heterocycles. The van der Waals surface area contributed by atoms with Gasteiger partial charge in [-0.2, -0.15) is 0 Å². The zero-order chi connectivity index (χ0) is 11.5. The van der Waals surface area contributed by atoms with E-state index in [0.717, 1.165) is 10.0 Å². The third kappa shape index (κ3) is 2.10.